The van der Waals surface area contributed by atoms with Crippen molar-refractivity contribution in [3.8, 4) is 5.75 Å². The van der Waals surface area contributed by atoms with Gasteiger partial charge in [0.1, 0.15) is 11.4 Å². The van der Waals surface area contributed by atoms with Crippen molar-refractivity contribution in [2.24, 2.45) is 0 Å². The number of benzene rings is 1. The molecule has 2 N–H and O–H groups in total. The van der Waals surface area contributed by atoms with E-state index >= 15 is 0 Å². The van der Waals surface area contributed by atoms with Gasteiger partial charge in [-0.1, -0.05) is 12.1 Å². The summed E-state index contributed by atoms with van der Waals surface area (Å²) in [6, 6.07) is 4.89. The van der Waals surface area contributed by atoms with Crippen LogP contribution in [0.15, 0.2) is 30.0 Å². The minimum atomic E-state index is -3.94. The molecule has 1 saturated heterocycles. The van der Waals surface area contributed by atoms with Gasteiger partial charge in [0.15, 0.2) is 0 Å². The van der Waals surface area contributed by atoms with E-state index in [0.29, 0.717) is 5.56 Å². The Bertz CT molecular complexity index is 691. The minimum absolute atomic E-state index is 0.0594. The molecule has 1 aliphatic heterocycles. The largest absolute Gasteiger partial charge is 0.508 e. The molecule has 1 aromatic carbocycles. The average Bonchev–Trinajstić information content (AvgIpc) is 2.67. The fraction of sp³-hybridized carbons (Fsp3) is 0.167. The molecule has 20 heavy (non-hydrogen) atoms. The first kappa shape index (κ1) is 14.1. The number of carbonyl (C=O) groups is 2. The van der Waals surface area contributed by atoms with Gasteiger partial charge in [-0.3, -0.25) is 4.79 Å². The Labute approximate surface area is 115 Å². The number of rotatable bonds is 3. The van der Waals surface area contributed by atoms with Gasteiger partial charge in [-0.15, -0.1) is 4.31 Å². The first-order valence-corrected chi connectivity index (χ1v) is 7.35. The Morgan fingerprint density at radius 3 is 2.40 bits per heavy atom. The molecule has 0 saturated carbocycles. The molecule has 1 aliphatic rings. The van der Waals surface area contributed by atoms with Crippen molar-refractivity contribution < 1.29 is 23.1 Å². The predicted octanol–water partition coefficient (Wildman–Crippen LogP) is 0.635. The number of sulfonamides is 1. The summed E-state index contributed by atoms with van der Waals surface area (Å²) in [5.41, 5.74) is 0.417. The van der Waals surface area contributed by atoms with Gasteiger partial charge >= 0.3 is 6.03 Å². The molecule has 7 nitrogen and oxygen atoms in total. The Kier molecular flexibility index (Phi) is 3.49. The molecule has 0 atom stereocenters. The third-order valence-electron chi connectivity index (χ3n) is 2.69. The van der Waals surface area contributed by atoms with E-state index in [1.807, 2.05) is 0 Å². The van der Waals surface area contributed by atoms with Crippen LogP contribution in [0, 0.1) is 0 Å². The molecule has 0 spiro atoms. The lowest BCUT2D eigenvalue weighted by molar-refractivity contribution is -0.119. The zero-order valence-electron chi connectivity index (χ0n) is 10.5. The molecule has 2 rings (SSSR count). The van der Waals surface area contributed by atoms with Crippen molar-refractivity contribution >= 4 is 28.0 Å². The molecule has 8 heteroatoms. The van der Waals surface area contributed by atoms with Gasteiger partial charge in [-0.25, -0.2) is 13.2 Å². The smallest absolute Gasteiger partial charge is 0.343 e. The highest BCUT2D eigenvalue weighted by molar-refractivity contribution is 7.90. The van der Waals surface area contributed by atoms with Crippen LogP contribution in [0.3, 0.4) is 0 Å². The van der Waals surface area contributed by atoms with Crippen molar-refractivity contribution in [1.29, 1.82) is 0 Å². The fourth-order valence-electron chi connectivity index (χ4n) is 1.64. The van der Waals surface area contributed by atoms with Crippen LogP contribution in [0.1, 0.15) is 12.5 Å². The van der Waals surface area contributed by atoms with Gasteiger partial charge < -0.3 is 10.4 Å². The number of imide groups is 1. The summed E-state index contributed by atoms with van der Waals surface area (Å²) in [6.45, 7) is 1.34. The third kappa shape index (κ3) is 2.50. The second kappa shape index (κ2) is 4.97. The number of aromatic hydroxyl groups is 1. The van der Waals surface area contributed by atoms with Crippen LogP contribution in [0.25, 0.3) is 6.08 Å². The summed E-state index contributed by atoms with van der Waals surface area (Å²) in [5.74, 6) is -1.20. The van der Waals surface area contributed by atoms with Gasteiger partial charge in [0, 0.05) is 0 Å². The summed E-state index contributed by atoms with van der Waals surface area (Å²) in [7, 11) is -3.94. The van der Waals surface area contributed by atoms with E-state index in [9.17, 15) is 18.0 Å². The molecule has 0 radical (unpaired) electrons. The highest BCUT2D eigenvalue weighted by Crippen LogP contribution is 2.18. The maximum atomic E-state index is 11.9. The Hall–Kier alpha value is -2.35. The monoisotopic (exact) mass is 296 g/mol. The van der Waals surface area contributed by atoms with Crippen LogP contribution >= 0.6 is 0 Å². The van der Waals surface area contributed by atoms with Crippen LogP contribution in [0.2, 0.25) is 0 Å². The van der Waals surface area contributed by atoms with Crippen molar-refractivity contribution in [2.45, 2.75) is 6.92 Å². The lowest BCUT2D eigenvalue weighted by Crippen LogP contribution is -2.37. The van der Waals surface area contributed by atoms with E-state index < -0.39 is 22.0 Å². The quantitative estimate of drug-likeness (QED) is 0.629. The number of carbonyl (C=O) groups excluding carboxylic acids is 2. The van der Waals surface area contributed by atoms with E-state index in [1.54, 1.807) is 0 Å². The molecule has 0 aliphatic carbocycles. The van der Waals surface area contributed by atoms with Gasteiger partial charge in [0.25, 0.3) is 5.91 Å². The van der Waals surface area contributed by atoms with Crippen LogP contribution in [0.4, 0.5) is 4.79 Å². The molecule has 106 valence electrons. The number of nitrogens with zero attached hydrogens (tertiary/aromatic N) is 1. The first-order chi connectivity index (χ1) is 9.35. The molecule has 0 bridgehead atoms. The highest BCUT2D eigenvalue weighted by atomic mass is 32.2. The minimum Gasteiger partial charge on any atom is -0.508 e. The SMILES string of the molecule is CCS(=O)(=O)N1C(=O)N/C(=C\c2ccc(O)cc2)C1=O. The second-order valence-corrected chi connectivity index (χ2v) is 6.16. The van der Waals surface area contributed by atoms with Gasteiger partial charge in [0.2, 0.25) is 10.0 Å². The fourth-order valence-corrected chi connectivity index (χ4v) is 2.55. The maximum absolute atomic E-state index is 11.9. The maximum Gasteiger partial charge on any atom is 0.343 e. The zero-order valence-corrected chi connectivity index (χ0v) is 11.3. The van der Waals surface area contributed by atoms with Crippen LogP contribution in [-0.4, -0.2) is 35.5 Å². The van der Waals surface area contributed by atoms with Crippen molar-refractivity contribution in [2.75, 3.05) is 5.75 Å². The lowest BCUT2D eigenvalue weighted by atomic mass is 10.2. The summed E-state index contributed by atoms with van der Waals surface area (Å²) >= 11 is 0. The first-order valence-electron chi connectivity index (χ1n) is 5.74. The highest BCUT2D eigenvalue weighted by Gasteiger charge is 2.41. The summed E-state index contributed by atoms with van der Waals surface area (Å²) in [5, 5.41) is 11.4. The van der Waals surface area contributed by atoms with E-state index in [4.69, 9.17) is 5.11 Å². The Balaban J connectivity index is 2.35. The summed E-state index contributed by atoms with van der Waals surface area (Å²) in [4.78, 5) is 23.5. The number of urea groups is 1. The van der Waals surface area contributed by atoms with Gasteiger partial charge in [-0.2, -0.15) is 0 Å². The number of phenols is 1. The molecular formula is C12H12N2O5S. The number of hydrogen-bond donors (Lipinski definition) is 2. The van der Waals surface area contributed by atoms with Crippen molar-refractivity contribution in [3.63, 3.8) is 0 Å². The van der Waals surface area contributed by atoms with Crippen molar-refractivity contribution in [1.82, 2.24) is 9.62 Å². The molecular weight excluding hydrogens is 284 g/mol. The standard InChI is InChI=1S/C12H12N2O5S/c1-2-20(18,19)14-11(16)10(13-12(14)17)7-8-3-5-9(15)6-4-8/h3-7,15H,2H2,1H3,(H,13,17)/b10-7-. The molecule has 1 fully saturated rings. The summed E-state index contributed by atoms with van der Waals surface area (Å²) < 4.78 is 23.5. The lowest BCUT2D eigenvalue weighted by Gasteiger charge is -2.09. The number of phenolic OH excluding ortho intramolecular Hbond substituents is 1. The Morgan fingerprint density at radius 1 is 1.25 bits per heavy atom. The van der Waals surface area contributed by atoms with Crippen LogP contribution in [0.5, 0.6) is 5.75 Å². The molecule has 1 heterocycles. The van der Waals surface area contributed by atoms with Crippen LogP contribution < -0.4 is 5.32 Å². The van der Waals surface area contributed by atoms with Gasteiger partial charge in [-0.05, 0) is 30.7 Å². The van der Waals surface area contributed by atoms with Crippen LogP contribution in [-0.2, 0) is 14.8 Å². The molecule has 1 aromatic rings. The Morgan fingerprint density at radius 2 is 1.85 bits per heavy atom. The predicted molar refractivity (Wildman–Crippen MR) is 70.9 cm³/mol. The number of nitrogens with one attached hydrogen (secondary N) is 1. The molecule has 3 amide bonds. The average molecular weight is 296 g/mol. The normalized spacial score (nSPS) is 17.6. The zero-order chi connectivity index (χ0) is 14.9. The van der Waals surface area contributed by atoms with E-state index in [-0.39, 0.29) is 21.5 Å². The van der Waals surface area contributed by atoms with Crippen molar-refractivity contribution in [3.05, 3.63) is 35.5 Å². The topological polar surface area (TPSA) is 104 Å². The van der Waals surface area contributed by atoms with E-state index in [0.717, 1.165) is 0 Å². The van der Waals surface area contributed by atoms with E-state index in [2.05, 4.69) is 5.32 Å². The number of amides is 3. The second-order valence-electron chi connectivity index (χ2n) is 4.05. The molecule has 0 unspecified atom stereocenters. The van der Waals surface area contributed by atoms with E-state index in [1.165, 1.54) is 37.3 Å². The third-order valence-corrected chi connectivity index (χ3v) is 4.31. The van der Waals surface area contributed by atoms with Gasteiger partial charge in [0.05, 0.1) is 5.75 Å². The number of hydrogen-bond acceptors (Lipinski definition) is 5. The molecule has 0 aromatic heterocycles. The summed E-state index contributed by atoms with van der Waals surface area (Å²) in [6.07, 6.45) is 1.34.